The van der Waals surface area contributed by atoms with Crippen LogP contribution >= 0.6 is 31.9 Å². The summed E-state index contributed by atoms with van der Waals surface area (Å²) in [5.74, 6) is -3.17. The lowest BCUT2D eigenvalue weighted by atomic mass is 10.2. The van der Waals surface area contributed by atoms with E-state index in [1.165, 1.54) is 13.8 Å². The van der Waals surface area contributed by atoms with Gasteiger partial charge in [-0.25, -0.2) is 9.59 Å². The molecule has 130 valence electrons. The van der Waals surface area contributed by atoms with Crippen LogP contribution in [-0.2, 0) is 25.2 Å². The summed E-state index contributed by atoms with van der Waals surface area (Å²) in [6, 6.07) is 1.73. The van der Waals surface area contributed by atoms with Crippen molar-refractivity contribution in [1.82, 2.24) is 0 Å². The maximum atomic E-state index is 12.7. The molecule has 1 N–H and O–H groups in total. The molecule has 0 atom stereocenters. The SMILES string of the molecule is CC1(C)OC(=O)C(=CNc2c(Br)cc(C(F)(F)F)cc2Br)C(=O)O1. The Labute approximate surface area is 151 Å². The van der Waals surface area contributed by atoms with Crippen LogP contribution in [0.25, 0.3) is 0 Å². The Hall–Kier alpha value is -1.55. The Kier molecular flexibility index (Phi) is 5.01. The lowest BCUT2D eigenvalue weighted by molar-refractivity contribution is -0.222. The van der Waals surface area contributed by atoms with Crippen molar-refractivity contribution < 1.29 is 32.2 Å². The fourth-order valence-corrected chi connectivity index (χ4v) is 3.21. The number of carbonyl (C=O) groups is 2. The van der Waals surface area contributed by atoms with Gasteiger partial charge in [-0.1, -0.05) is 0 Å². The van der Waals surface area contributed by atoms with E-state index in [-0.39, 0.29) is 14.6 Å². The first-order chi connectivity index (χ1) is 10.9. The van der Waals surface area contributed by atoms with E-state index in [2.05, 4.69) is 37.2 Å². The van der Waals surface area contributed by atoms with Crippen molar-refractivity contribution >= 4 is 49.5 Å². The standard InChI is InChI=1S/C14H10Br2F3NO4/c1-13(2)23-11(21)7(12(22)24-13)5-20-10-8(15)3-6(4-9(10)16)14(17,18)19/h3-5,20H,1-2H3. The predicted octanol–water partition coefficient (Wildman–Crippen LogP) is 4.36. The van der Waals surface area contributed by atoms with Crippen LogP contribution in [0, 0.1) is 0 Å². The van der Waals surface area contributed by atoms with E-state index < -0.39 is 35.0 Å². The van der Waals surface area contributed by atoms with Crippen LogP contribution in [0.5, 0.6) is 0 Å². The second kappa shape index (κ2) is 6.40. The molecular formula is C14H10Br2F3NO4. The number of carbonyl (C=O) groups excluding carboxylic acids is 2. The van der Waals surface area contributed by atoms with Gasteiger partial charge in [0.1, 0.15) is 0 Å². The van der Waals surface area contributed by atoms with E-state index in [1.807, 2.05) is 0 Å². The number of alkyl halides is 3. The van der Waals surface area contributed by atoms with Crippen LogP contribution in [0.1, 0.15) is 19.4 Å². The van der Waals surface area contributed by atoms with Gasteiger partial charge in [0.2, 0.25) is 0 Å². The monoisotopic (exact) mass is 471 g/mol. The van der Waals surface area contributed by atoms with Crippen LogP contribution in [0.3, 0.4) is 0 Å². The maximum Gasteiger partial charge on any atom is 0.416 e. The first-order valence-corrected chi connectivity index (χ1v) is 7.99. The van der Waals surface area contributed by atoms with Gasteiger partial charge in [-0.05, 0) is 44.0 Å². The van der Waals surface area contributed by atoms with Gasteiger partial charge < -0.3 is 14.8 Å². The predicted molar refractivity (Wildman–Crippen MR) is 84.8 cm³/mol. The highest BCUT2D eigenvalue weighted by Crippen LogP contribution is 2.39. The number of esters is 2. The fraction of sp³-hybridized carbons (Fsp3) is 0.286. The molecular weight excluding hydrogens is 463 g/mol. The number of ether oxygens (including phenoxy) is 2. The molecule has 1 aliphatic heterocycles. The third kappa shape index (κ3) is 4.10. The average Bonchev–Trinajstić information content (AvgIpc) is 2.37. The van der Waals surface area contributed by atoms with Gasteiger partial charge in [-0.3, -0.25) is 0 Å². The minimum absolute atomic E-state index is 0.0823. The second-order valence-corrected chi connectivity index (χ2v) is 6.90. The normalized spacial score (nSPS) is 17.2. The molecule has 0 aromatic heterocycles. The number of hydrogen-bond donors (Lipinski definition) is 1. The number of hydrogen-bond acceptors (Lipinski definition) is 5. The quantitative estimate of drug-likeness (QED) is 0.393. The summed E-state index contributed by atoms with van der Waals surface area (Å²) in [4.78, 5) is 23.6. The van der Waals surface area contributed by atoms with E-state index >= 15 is 0 Å². The average molecular weight is 473 g/mol. The van der Waals surface area contributed by atoms with Gasteiger partial charge in [0.25, 0.3) is 5.79 Å². The zero-order chi connectivity index (χ0) is 18.3. The Bertz CT molecular complexity index is 699. The molecule has 2 rings (SSSR count). The molecule has 1 saturated heterocycles. The molecule has 1 aromatic rings. The van der Waals surface area contributed by atoms with Crippen LogP contribution in [0.4, 0.5) is 18.9 Å². The molecule has 0 amide bonds. The lowest BCUT2D eigenvalue weighted by Gasteiger charge is -2.29. The van der Waals surface area contributed by atoms with E-state index in [9.17, 15) is 22.8 Å². The third-order valence-electron chi connectivity index (χ3n) is 2.85. The first-order valence-electron chi connectivity index (χ1n) is 6.40. The number of nitrogens with one attached hydrogen (secondary N) is 1. The molecule has 5 nitrogen and oxygen atoms in total. The van der Waals surface area contributed by atoms with Gasteiger partial charge in [-0.2, -0.15) is 13.2 Å². The smallest absolute Gasteiger partial charge is 0.416 e. The number of benzene rings is 1. The number of rotatable bonds is 2. The van der Waals surface area contributed by atoms with Gasteiger partial charge in [0.15, 0.2) is 5.57 Å². The van der Waals surface area contributed by atoms with E-state index in [1.54, 1.807) is 0 Å². The van der Waals surface area contributed by atoms with Gasteiger partial charge >= 0.3 is 18.1 Å². The highest BCUT2D eigenvalue weighted by atomic mass is 79.9. The number of anilines is 1. The molecule has 0 radical (unpaired) electrons. The molecule has 1 aromatic carbocycles. The van der Waals surface area contributed by atoms with Crippen molar-refractivity contribution in [1.29, 1.82) is 0 Å². The number of halogens is 5. The summed E-state index contributed by atoms with van der Waals surface area (Å²) in [7, 11) is 0. The summed E-state index contributed by atoms with van der Waals surface area (Å²) in [5, 5.41) is 2.59. The molecule has 1 heterocycles. The molecule has 1 fully saturated rings. The summed E-state index contributed by atoms with van der Waals surface area (Å²) in [5.41, 5.74) is -1.08. The zero-order valence-corrected chi connectivity index (χ0v) is 15.4. The zero-order valence-electron chi connectivity index (χ0n) is 12.3. The van der Waals surface area contributed by atoms with Gasteiger partial charge in [-0.15, -0.1) is 0 Å². The van der Waals surface area contributed by atoms with Gasteiger partial charge in [0, 0.05) is 29.0 Å². The Balaban J connectivity index is 2.29. The minimum Gasteiger partial charge on any atom is -0.419 e. The van der Waals surface area contributed by atoms with Crippen molar-refractivity contribution in [3.8, 4) is 0 Å². The van der Waals surface area contributed by atoms with Crippen LogP contribution in [-0.4, -0.2) is 17.7 Å². The minimum atomic E-state index is -4.51. The topological polar surface area (TPSA) is 64.6 Å². The van der Waals surface area contributed by atoms with Crippen LogP contribution in [0.2, 0.25) is 0 Å². The summed E-state index contributed by atoms with van der Waals surface area (Å²) < 4.78 is 48.2. The van der Waals surface area contributed by atoms with Crippen molar-refractivity contribution in [2.75, 3.05) is 5.32 Å². The van der Waals surface area contributed by atoms with Crippen molar-refractivity contribution in [3.63, 3.8) is 0 Å². The van der Waals surface area contributed by atoms with Crippen LogP contribution in [0.15, 0.2) is 32.9 Å². The Morgan fingerprint density at radius 3 is 1.96 bits per heavy atom. The molecule has 24 heavy (non-hydrogen) atoms. The Morgan fingerprint density at radius 1 is 1.08 bits per heavy atom. The molecule has 0 unspecified atom stereocenters. The van der Waals surface area contributed by atoms with Crippen molar-refractivity contribution in [3.05, 3.63) is 38.4 Å². The summed E-state index contributed by atoms with van der Waals surface area (Å²) >= 11 is 6.02. The first kappa shape index (κ1) is 18.8. The summed E-state index contributed by atoms with van der Waals surface area (Å²) in [6.07, 6.45) is -3.50. The third-order valence-corrected chi connectivity index (χ3v) is 4.10. The van der Waals surface area contributed by atoms with Gasteiger partial charge in [0.05, 0.1) is 11.3 Å². The van der Waals surface area contributed by atoms with E-state index in [0.717, 1.165) is 18.3 Å². The fourth-order valence-electron chi connectivity index (χ4n) is 1.80. The summed E-state index contributed by atoms with van der Waals surface area (Å²) in [6.45, 7) is 2.80. The molecule has 10 heteroatoms. The van der Waals surface area contributed by atoms with Crippen molar-refractivity contribution in [2.45, 2.75) is 25.8 Å². The molecule has 1 aliphatic rings. The van der Waals surface area contributed by atoms with Crippen molar-refractivity contribution in [2.24, 2.45) is 0 Å². The highest BCUT2D eigenvalue weighted by molar-refractivity contribution is 9.11. The molecule has 0 bridgehead atoms. The van der Waals surface area contributed by atoms with E-state index in [4.69, 9.17) is 9.47 Å². The van der Waals surface area contributed by atoms with E-state index in [0.29, 0.717) is 0 Å². The lowest BCUT2D eigenvalue weighted by Crippen LogP contribution is -2.42. The molecule has 0 saturated carbocycles. The molecule has 0 aliphatic carbocycles. The maximum absolute atomic E-state index is 12.7. The Morgan fingerprint density at radius 2 is 1.54 bits per heavy atom. The van der Waals surface area contributed by atoms with Crippen LogP contribution < -0.4 is 5.32 Å². The molecule has 0 spiro atoms. The second-order valence-electron chi connectivity index (χ2n) is 5.19. The largest absolute Gasteiger partial charge is 0.419 e. The number of cyclic esters (lactones) is 2. The highest BCUT2D eigenvalue weighted by Gasteiger charge is 2.39.